The molecule has 1 saturated heterocycles. The quantitative estimate of drug-likeness (QED) is 0.896. The van der Waals surface area contributed by atoms with Gasteiger partial charge in [-0.15, -0.1) is 0 Å². The molecule has 20 heavy (non-hydrogen) atoms. The summed E-state index contributed by atoms with van der Waals surface area (Å²) < 4.78 is 5.42. The molecule has 0 aromatic carbocycles. The zero-order chi connectivity index (χ0) is 13.9. The van der Waals surface area contributed by atoms with E-state index in [0.29, 0.717) is 6.04 Å². The molecule has 3 nitrogen and oxygen atoms in total. The van der Waals surface area contributed by atoms with E-state index in [-0.39, 0.29) is 0 Å². The van der Waals surface area contributed by atoms with Gasteiger partial charge in [0, 0.05) is 38.1 Å². The van der Waals surface area contributed by atoms with Crippen LogP contribution in [0.3, 0.4) is 0 Å². The lowest BCUT2D eigenvalue weighted by Crippen LogP contribution is -2.58. The van der Waals surface area contributed by atoms with E-state index in [1.807, 2.05) is 6.07 Å². The number of rotatable bonds is 5. The van der Waals surface area contributed by atoms with Crippen molar-refractivity contribution in [3.8, 4) is 0 Å². The number of hydrogen-bond acceptors (Lipinski definition) is 3. The second kappa shape index (κ2) is 6.31. The van der Waals surface area contributed by atoms with E-state index in [4.69, 9.17) is 4.42 Å². The summed E-state index contributed by atoms with van der Waals surface area (Å²) in [7, 11) is 0. The molecule has 2 unspecified atom stereocenters. The molecule has 2 bridgehead atoms. The van der Waals surface area contributed by atoms with Crippen LogP contribution in [0.1, 0.15) is 38.9 Å². The number of fused-ring (bicyclic) bond motifs is 2. The predicted octanol–water partition coefficient (Wildman–Crippen LogP) is 2.92. The highest BCUT2D eigenvalue weighted by Crippen LogP contribution is 2.35. The van der Waals surface area contributed by atoms with Crippen molar-refractivity contribution in [2.75, 3.05) is 19.6 Å². The molecule has 1 aromatic rings. The molecular weight excluding hydrogens is 248 g/mol. The average Bonchev–Trinajstić information content (AvgIpc) is 2.91. The lowest BCUT2D eigenvalue weighted by Gasteiger charge is -2.49. The van der Waals surface area contributed by atoms with Crippen LogP contribution in [0.2, 0.25) is 0 Å². The summed E-state index contributed by atoms with van der Waals surface area (Å²) in [5, 5.41) is 3.83. The minimum atomic E-state index is 0.696. The lowest BCUT2D eigenvalue weighted by molar-refractivity contribution is 0.0298. The van der Waals surface area contributed by atoms with Gasteiger partial charge in [0.15, 0.2) is 0 Å². The van der Waals surface area contributed by atoms with Crippen LogP contribution in [-0.2, 0) is 6.42 Å². The Bertz CT molecular complexity index is 387. The first-order valence-electron chi connectivity index (χ1n) is 8.24. The van der Waals surface area contributed by atoms with Gasteiger partial charge in [0.05, 0.1) is 6.26 Å². The highest BCUT2D eigenvalue weighted by molar-refractivity contribution is 5.00. The number of nitrogens with one attached hydrogen (secondary N) is 1. The molecule has 3 heteroatoms. The SMILES string of the molecule is CC(C)N1CC2CCCC(C1)C2NCCc1ccco1. The van der Waals surface area contributed by atoms with Gasteiger partial charge in [-0.25, -0.2) is 0 Å². The zero-order valence-electron chi connectivity index (χ0n) is 12.8. The van der Waals surface area contributed by atoms with Gasteiger partial charge in [-0.3, -0.25) is 0 Å². The number of piperidine rings is 1. The minimum Gasteiger partial charge on any atom is -0.469 e. The number of furan rings is 1. The van der Waals surface area contributed by atoms with E-state index in [2.05, 4.69) is 30.1 Å². The van der Waals surface area contributed by atoms with Crippen molar-refractivity contribution in [2.45, 2.75) is 51.6 Å². The summed E-state index contributed by atoms with van der Waals surface area (Å²) in [5.41, 5.74) is 0. The Balaban J connectivity index is 1.54. The van der Waals surface area contributed by atoms with Crippen molar-refractivity contribution in [1.29, 1.82) is 0 Å². The Kier molecular flexibility index (Phi) is 4.47. The van der Waals surface area contributed by atoms with E-state index in [1.165, 1.54) is 32.4 Å². The third-order valence-corrected chi connectivity index (χ3v) is 5.17. The molecule has 2 aliphatic rings. The summed E-state index contributed by atoms with van der Waals surface area (Å²) in [6.45, 7) is 8.28. The summed E-state index contributed by atoms with van der Waals surface area (Å²) in [6, 6.07) is 5.48. The topological polar surface area (TPSA) is 28.4 Å². The number of nitrogens with zero attached hydrogens (tertiary/aromatic N) is 1. The summed E-state index contributed by atoms with van der Waals surface area (Å²) in [6.07, 6.45) is 7.01. The molecule has 0 amide bonds. The van der Waals surface area contributed by atoms with E-state index in [1.54, 1.807) is 6.26 Å². The van der Waals surface area contributed by atoms with Gasteiger partial charge in [0.1, 0.15) is 5.76 Å². The predicted molar refractivity (Wildman–Crippen MR) is 81.7 cm³/mol. The molecule has 3 rings (SSSR count). The van der Waals surface area contributed by atoms with E-state index in [9.17, 15) is 0 Å². The second-order valence-electron chi connectivity index (χ2n) is 6.81. The Hall–Kier alpha value is -0.800. The summed E-state index contributed by atoms with van der Waals surface area (Å²) in [5.74, 6) is 2.80. The largest absolute Gasteiger partial charge is 0.469 e. The second-order valence-corrected chi connectivity index (χ2v) is 6.81. The molecule has 1 aliphatic carbocycles. The van der Waals surface area contributed by atoms with Crippen molar-refractivity contribution >= 4 is 0 Å². The van der Waals surface area contributed by atoms with Crippen LogP contribution in [0, 0.1) is 11.8 Å². The van der Waals surface area contributed by atoms with Gasteiger partial charge in [-0.2, -0.15) is 0 Å². The van der Waals surface area contributed by atoms with Crippen LogP contribution in [0.25, 0.3) is 0 Å². The fourth-order valence-electron chi connectivity index (χ4n) is 4.04. The molecule has 1 aliphatic heterocycles. The normalized spacial score (nSPS) is 30.9. The molecule has 0 spiro atoms. The third-order valence-electron chi connectivity index (χ3n) is 5.17. The molecular formula is C17H28N2O. The van der Waals surface area contributed by atoms with E-state index < -0.39 is 0 Å². The number of likely N-dealkylation sites (tertiary alicyclic amines) is 1. The number of hydrogen-bond donors (Lipinski definition) is 1. The van der Waals surface area contributed by atoms with Crippen molar-refractivity contribution < 1.29 is 4.42 Å². The Labute approximate surface area is 122 Å². The van der Waals surface area contributed by atoms with Crippen LogP contribution >= 0.6 is 0 Å². The van der Waals surface area contributed by atoms with Crippen molar-refractivity contribution in [3.63, 3.8) is 0 Å². The molecule has 1 aromatic heterocycles. The van der Waals surface area contributed by atoms with E-state index >= 15 is 0 Å². The lowest BCUT2D eigenvalue weighted by atomic mass is 9.73. The molecule has 1 saturated carbocycles. The van der Waals surface area contributed by atoms with Crippen LogP contribution in [0.15, 0.2) is 22.8 Å². The maximum absolute atomic E-state index is 5.42. The molecule has 1 N–H and O–H groups in total. The highest BCUT2D eigenvalue weighted by atomic mass is 16.3. The maximum atomic E-state index is 5.42. The van der Waals surface area contributed by atoms with Crippen molar-refractivity contribution in [2.24, 2.45) is 11.8 Å². The van der Waals surface area contributed by atoms with Crippen LogP contribution in [0.4, 0.5) is 0 Å². The van der Waals surface area contributed by atoms with Crippen molar-refractivity contribution in [1.82, 2.24) is 10.2 Å². The first-order chi connectivity index (χ1) is 9.74. The van der Waals surface area contributed by atoms with Gasteiger partial charge in [-0.1, -0.05) is 6.42 Å². The maximum Gasteiger partial charge on any atom is 0.105 e. The van der Waals surface area contributed by atoms with Gasteiger partial charge in [0.25, 0.3) is 0 Å². The monoisotopic (exact) mass is 276 g/mol. The standard InChI is InChI=1S/C17H28N2O/c1-13(2)19-11-14-5-3-6-15(12-19)17(14)18-9-8-16-7-4-10-20-16/h4,7,10,13-15,17-18H,3,5-6,8-9,11-12H2,1-2H3. The average molecular weight is 276 g/mol. The van der Waals surface area contributed by atoms with Gasteiger partial charge in [0.2, 0.25) is 0 Å². The molecule has 112 valence electrons. The van der Waals surface area contributed by atoms with Crippen LogP contribution < -0.4 is 5.32 Å². The fourth-order valence-corrected chi connectivity index (χ4v) is 4.04. The summed E-state index contributed by atoms with van der Waals surface area (Å²) >= 11 is 0. The minimum absolute atomic E-state index is 0.696. The Morgan fingerprint density at radius 3 is 2.65 bits per heavy atom. The van der Waals surface area contributed by atoms with Gasteiger partial charge >= 0.3 is 0 Å². The van der Waals surface area contributed by atoms with Crippen molar-refractivity contribution in [3.05, 3.63) is 24.2 Å². The zero-order valence-corrected chi connectivity index (χ0v) is 12.8. The fraction of sp³-hybridized carbons (Fsp3) is 0.765. The first-order valence-corrected chi connectivity index (χ1v) is 8.24. The smallest absolute Gasteiger partial charge is 0.105 e. The molecule has 0 radical (unpaired) electrons. The highest BCUT2D eigenvalue weighted by Gasteiger charge is 2.39. The first kappa shape index (κ1) is 14.2. The third kappa shape index (κ3) is 3.09. The molecule has 2 atom stereocenters. The van der Waals surface area contributed by atoms with Crippen LogP contribution in [0.5, 0.6) is 0 Å². The summed E-state index contributed by atoms with van der Waals surface area (Å²) in [4.78, 5) is 2.68. The molecule has 2 fully saturated rings. The molecule has 2 heterocycles. The van der Waals surface area contributed by atoms with E-state index in [0.717, 1.165) is 36.6 Å². The van der Waals surface area contributed by atoms with Gasteiger partial charge < -0.3 is 14.6 Å². The Morgan fingerprint density at radius 1 is 1.30 bits per heavy atom. The van der Waals surface area contributed by atoms with Gasteiger partial charge in [-0.05, 0) is 50.7 Å². The Morgan fingerprint density at radius 2 is 2.05 bits per heavy atom. The van der Waals surface area contributed by atoms with Crippen LogP contribution in [-0.4, -0.2) is 36.6 Å².